The standard InChI is InChI=1S/C18H18BrNO3/c1-22-16-8-4-5-9-17(16)23-13-12-20-18(21)11-10-14-6-2-3-7-15(14)19/h2-11H,12-13H2,1H3,(H,20,21)/b11-10+. The van der Waals surface area contributed by atoms with E-state index in [0.717, 1.165) is 10.0 Å². The van der Waals surface area contributed by atoms with Crippen LogP contribution in [0.1, 0.15) is 5.56 Å². The third kappa shape index (κ3) is 5.45. The number of halogens is 1. The fourth-order valence-electron chi connectivity index (χ4n) is 1.91. The number of hydrogen-bond donors (Lipinski definition) is 1. The van der Waals surface area contributed by atoms with Crippen molar-refractivity contribution in [1.82, 2.24) is 5.32 Å². The Labute approximate surface area is 144 Å². The summed E-state index contributed by atoms with van der Waals surface area (Å²) < 4.78 is 11.7. The Morgan fingerprint density at radius 2 is 1.83 bits per heavy atom. The highest BCUT2D eigenvalue weighted by Crippen LogP contribution is 2.25. The molecule has 0 saturated heterocycles. The molecule has 2 aromatic carbocycles. The van der Waals surface area contributed by atoms with E-state index in [9.17, 15) is 4.79 Å². The summed E-state index contributed by atoms with van der Waals surface area (Å²) in [4.78, 5) is 11.8. The third-order valence-corrected chi connectivity index (χ3v) is 3.77. The van der Waals surface area contributed by atoms with E-state index in [2.05, 4.69) is 21.2 Å². The Morgan fingerprint density at radius 1 is 1.13 bits per heavy atom. The van der Waals surface area contributed by atoms with Crippen molar-refractivity contribution in [2.24, 2.45) is 0 Å². The highest BCUT2D eigenvalue weighted by atomic mass is 79.9. The van der Waals surface area contributed by atoms with Gasteiger partial charge in [-0.25, -0.2) is 0 Å². The summed E-state index contributed by atoms with van der Waals surface area (Å²) in [6.07, 6.45) is 3.27. The molecule has 120 valence electrons. The molecule has 0 aromatic heterocycles. The van der Waals surface area contributed by atoms with Gasteiger partial charge in [-0.2, -0.15) is 0 Å². The molecular weight excluding hydrogens is 358 g/mol. The van der Waals surface area contributed by atoms with Crippen LogP contribution in [-0.2, 0) is 4.79 Å². The molecule has 0 unspecified atom stereocenters. The minimum atomic E-state index is -0.163. The van der Waals surface area contributed by atoms with Crippen molar-refractivity contribution < 1.29 is 14.3 Å². The van der Waals surface area contributed by atoms with Gasteiger partial charge in [-0.3, -0.25) is 4.79 Å². The second-order valence-electron chi connectivity index (χ2n) is 4.65. The minimum absolute atomic E-state index is 0.163. The number of hydrogen-bond acceptors (Lipinski definition) is 3. The molecule has 1 amide bonds. The van der Waals surface area contributed by atoms with E-state index in [1.54, 1.807) is 13.2 Å². The van der Waals surface area contributed by atoms with Crippen LogP contribution in [0.3, 0.4) is 0 Å². The maximum Gasteiger partial charge on any atom is 0.244 e. The van der Waals surface area contributed by atoms with Crippen molar-refractivity contribution in [3.8, 4) is 11.5 Å². The van der Waals surface area contributed by atoms with Crippen LogP contribution < -0.4 is 14.8 Å². The monoisotopic (exact) mass is 375 g/mol. The first-order valence-corrected chi connectivity index (χ1v) is 7.96. The lowest BCUT2D eigenvalue weighted by Gasteiger charge is -2.10. The molecule has 0 fully saturated rings. The molecule has 1 N–H and O–H groups in total. The summed E-state index contributed by atoms with van der Waals surface area (Å²) >= 11 is 3.43. The summed E-state index contributed by atoms with van der Waals surface area (Å²) in [6.45, 7) is 0.784. The first-order chi connectivity index (χ1) is 11.2. The number of benzene rings is 2. The van der Waals surface area contributed by atoms with E-state index >= 15 is 0 Å². The Kier molecular flexibility index (Phi) is 6.69. The molecule has 0 spiro atoms. The topological polar surface area (TPSA) is 47.6 Å². The molecule has 4 nitrogen and oxygen atoms in total. The number of carbonyl (C=O) groups is 1. The van der Waals surface area contributed by atoms with E-state index in [-0.39, 0.29) is 5.91 Å². The van der Waals surface area contributed by atoms with Crippen molar-refractivity contribution >= 4 is 27.9 Å². The molecule has 2 rings (SSSR count). The van der Waals surface area contributed by atoms with Gasteiger partial charge >= 0.3 is 0 Å². The normalized spacial score (nSPS) is 10.5. The molecule has 0 saturated carbocycles. The highest BCUT2D eigenvalue weighted by Gasteiger charge is 2.02. The van der Waals surface area contributed by atoms with Crippen LogP contribution >= 0.6 is 15.9 Å². The Morgan fingerprint density at radius 3 is 2.57 bits per heavy atom. The lowest BCUT2D eigenvalue weighted by atomic mass is 10.2. The molecule has 0 heterocycles. The predicted octanol–water partition coefficient (Wildman–Crippen LogP) is 3.67. The molecule has 5 heteroatoms. The van der Waals surface area contributed by atoms with Crippen molar-refractivity contribution in [3.05, 3.63) is 64.6 Å². The van der Waals surface area contributed by atoms with Gasteiger partial charge in [-0.05, 0) is 29.8 Å². The molecular formula is C18H18BrNO3. The minimum Gasteiger partial charge on any atom is -0.493 e. The van der Waals surface area contributed by atoms with Crippen LogP contribution in [0.15, 0.2) is 59.1 Å². The fraction of sp³-hybridized carbons (Fsp3) is 0.167. The Bertz CT molecular complexity index is 685. The highest BCUT2D eigenvalue weighted by molar-refractivity contribution is 9.10. The molecule has 0 aliphatic heterocycles. The van der Waals surface area contributed by atoms with Crippen molar-refractivity contribution in [1.29, 1.82) is 0 Å². The first kappa shape index (κ1) is 17.1. The van der Waals surface area contributed by atoms with Gasteiger partial charge in [0.05, 0.1) is 13.7 Å². The number of nitrogens with one attached hydrogen (secondary N) is 1. The van der Waals surface area contributed by atoms with Gasteiger partial charge in [0.1, 0.15) is 6.61 Å². The van der Waals surface area contributed by atoms with E-state index < -0.39 is 0 Å². The Hall–Kier alpha value is -2.27. The molecule has 0 radical (unpaired) electrons. The zero-order valence-electron chi connectivity index (χ0n) is 12.8. The van der Waals surface area contributed by atoms with Crippen LogP contribution in [-0.4, -0.2) is 26.2 Å². The van der Waals surface area contributed by atoms with E-state index in [1.807, 2.05) is 48.5 Å². The zero-order valence-corrected chi connectivity index (χ0v) is 14.4. The van der Waals surface area contributed by atoms with Crippen LogP contribution in [0.4, 0.5) is 0 Å². The quantitative estimate of drug-likeness (QED) is 0.593. The third-order valence-electron chi connectivity index (χ3n) is 3.05. The van der Waals surface area contributed by atoms with Crippen LogP contribution in [0.5, 0.6) is 11.5 Å². The second-order valence-corrected chi connectivity index (χ2v) is 5.50. The summed E-state index contributed by atoms with van der Waals surface area (Å²) in [7, 11) is 1.59. The van der Waals surface area contributed by atoms with Gasteiger partial charge in [0, 0.05) is 10.5 Å². The van der Waals surface area contributed by atoms with Gasteiger partial charge in [0.2, 0.25) is 5.91 Å². The van der Waals surface area contributed by atoms with E-state index in [0.29, 0.717) is 24.7 Å². The average molecular weight is 376 g/mol. The van der Waals surface area contributed by atoms with Crippen LogP contribution in [0, 0.1) is 0 Å². The van der Waals surface area contributed by atoms with Gasteiger partial charge < -0.3 is 14.8 Å². The number of amides is 1. The van der Waals surface area contributed by atoms with E-state index in [1.165, 1.54) is 6.08 Å². The number of para-hydroxylation sites is 2. The number of ether oxygens (including phenoxy) is 2. The van der Waals surface area contributed by atoms with Gasteiger partial charge in [-0.15, -0.1) is 0 Å². The summed E-state index contributed by atoms with van der Waals surface area (Å²) in [6, 6.07) is 15.1. The predicted molar refractivity (Wildman–Crippen MR) is 94.7 cm³/mol. The number of methoxy groups -OCH3 is 1. The molecule has 0 aliphatic carbocycles. The number of carbonyl (C=O) groups excluding carboxylic acids is 1. The maximum atomic E-state index is 11.8. The molecule has 2 aromatic rings. The smallest absolute Gasteiger partial charge is 0.244 e. The summed E-state index contributed by atoms with van der Waals surface area (Å²) in [5, 5.41) is 2.77. The van der Waals surface area contributed by atoms with Crippen LogP contribution in [0.2, 0.25) is 0 Å². The van der Waals surface area contributed by atoms with Crippen molar-refractivity contribution in [2.45, 2.75) is 0 Å². The molecule has 0 aliphatic rings. The van der Waals surface area contributed by atoms with Crippen molar-refractivity contribution in [3.63, 3.8) is 0 Å². The summed E-state index contributed by atoms with van der Waals surface area (Å²) in [5.74, 6) is 1.17. The zero-order chi connectivity index (χ0) is 16.5. The van der Waals surface area contributed by atoms with Crippen molar-refractivity contribution in [2.75, 3.05) is 20.3 Å². The first-order valence-electron chi connectivity index (χ1n) is 7.17. The van der Waals surface area contributed by atoms with Gasteiger partial charge in [0.15, 0.2) is 11.5 Å². The molecule has 0 bridgehead atoms. The summed E-state index contributed by atoms with van der Waals surface area (Å²) in [5.41, 5.74) is 0.952. The average Bonchev–Trinajstić information content (AvgIpc) is 2.58. The lowest BCUT2D eigenvalue weighted by Crippen LogP contribution is -2.26. The van der Waals surface area contributed by atoms with Crippen LogP contribution in [0.25, 0.3) is 6.08 Å². The largest absolute Gasteiger partial charge is 0.493 e. The fourth-order valence-corrected chi connectivity index (χ4v) is 2.32. The Balaban J connectivity index is 1.76. The lowest BCUT2D eigenvalue weighted by molar-refractivity contribution is -0.116. The van der Waals surface area contributed by atoms with Gasteiger partial charge in [0.25, 0.3) is 0 Å². The number of rotatable bonds is 7. The van der Waals surface area contributed by atoms with E-state index in [4.69, 9.17) is 9.47 Å². The molecule has 23 heavy (non-hydrogen) atoms. The SMILES string of the molecule is COc1ccccc1OCCNC(=O)/C=C/c1ccccc1Br. The van der Waals surface area contributed by atoms with Gasteiger partial charge in [-0.1, -0.05) is 46.3 Å². The molecule has 0 atom stereocenters. The maximum absolute atomic E-state index is 11.8. The second kappa shape index (κ2) is 9.00.